The van der Waals surface area contributed by atoms with Gasteiger partial charge < -0.3 is 15.3 Å². The molecular formula is C28H46O3. The number of allylic oxidation sites excluding steroid dienone is 3. The third kappa shape index (κ3) is 5.72. The number of aliphatic hydroxyl groups excluding tert-OH is 2. The molecule has 0 heterocycles. The van der Waals surface area contributed by atoms with Crippen molar-refractivity contribution < 1.29 is 15.3 Å². The Labute approximate surface area is 190 Å². The summed E-state index contributed by atoms with van der Waals surface area (Å²) in [4.78, 5) is 0. The molecule has 0 saturated heterocycles. The maximum absolute atomic E-state index is 10.2. The largest absolute Gasteiger partial charge is 0.393 e. The van der Waals surface area contributed by atoms with Gasteiger partial charge in [-0.1, -0.05) is 57.9 Å². The van der Waals surface area contributed by atoms with E-state index in [1.807, 2.05) is 13.8 Å². The standard InChI is InChI=1S/C28H46O3/c1-18-14-22(10-9-21-15-23(29)16-26(30)20(21)3)25-12-11-24(28(25,6)17-18)19(2)8-7-13-27(4,5)31/h9-10,18-19,23-26,29-31H,3,7-8,11-17H2,1-2,4-6H3/b21-9+,22-10+/t18-,19-,23-,24-,25+,26+,28-/m1/s1. The van der Waals surface area contributed by atoms with E-state index in [-0.39, 0.29) is 0 Å². The van der Waals surface area contributed by atoms with Crippen molar-refractivity contribution in [2.24, 2.45) is 29.1 Å². The Bertz CT molecular complexity index is 712. The van der Waals surface area contributed by atoms with Gasteiger partial charge >= 0.3 is 0 Å². The van der Waals surface area contributed by atoms with E-state index < -0.39 is 17.8 Å². The fraction of sp³-hybridized carbons (Fsp3) is 0.786. The smallest absolute Gasteiger partial charge is 0.0811 e. The van der Waals surface area contributed by atoms with Crippen molar-refractivity contribution in [3.63, 3.8) is 0 Å². The van der Waals surface area contributed by atoms with Gasteiger partial charge in [-0.3, -0.25) is 0 Å². The summed E-state index contributed by atoms with van der Waals surface area (Å²) < 4.78 is 0. The first-order valence-electron chi connectivity index (χ1n) is 12.6. The minimum Gasteiger partial charge on any atom is -0.393 e. The van der Waals surface area contributed by atoms with E-state index >= 15 is 0 Å². The third-order valence-electron chi connectivity index (χ3n) is 8.63. The summed E-state index contributed by atoms with van der Waals surface area (Å²) in [6, 6.07) is 0. The summed E-state index contributed by atoms with van der Waals surface area (Å²) in [6.07, 6.45) is 12.6. The molecule has 0 aromatic heterocycles. The molecule has 3 saturated carbocycles. The van der Waals surface area contributed by atoms with Gasteiger partial charge in [0.15, 0.2) is 0 Å². The molecule has 0 radical (unpaired) electrons. The molecule has 0 unspecified atom stereocenters. The number of fused-ring (bicyclic) bond motifs is 1. The molecule has 3 rings (SSSR count). The lowest BCUT2D eigenvalue weighted by atomic mass is 9.58. The monoisotopic (exact) mass is 430 g/mol. The van der Waals surface area contributed by atoms with E-state index in [1.165, 1.54) is 25.7 Å². The Kier molecular flexibility index (Phi) is 7.61. The zero-order valence-corrected chi connectivity index (χ0v) is 20.5. The molecule has 0 aromatic carbocycles. The van der Waals surface area contributed by atoms with Gasteiger partial charge in [0.05, 0.1) is 17.8 Å². The minimum atomic E-state index is -0.621. The highest BCUT2D eigenvalue weighted by Crippen LogP contribution is 2.61. The van der Waals surface area contributed by atoms with Gasteiger partial charge in [0, 0.05) is 6.42 Å². The maximum Gasteiger partial charge on any atom is 0.0811 e. The average molecular weight is 431 g/mol. The highest BCUT2D eigenvalue weighted by atomic mass is 16.3. The number of aliphatic hydroxyl groups is 3. The molecule has 3 aliphatic rings. The van der Waals surface area contributed by atoms with Crippen LogP contribution < -0.4 is 0 Å². The van der Waals surface area contributed by atoms with Crippen LogP contribution in [-0.4, -0.2) is 33.1 Å². The first-order chi connectivity index (χ1) is 14.4. The van der Waals surface area contributed by atoms with Gasteiger partial charge in [0.1, 0.15) is 0 Å². The lowest BCUT2D eigenvalue weighted by Crippen LogP contribution is -2.38. The van der Waals surface area contributed by atoms with Crippen LogP contribution in [0.15, 0.2) is 35.5 Å². The number of hydrogen-bond donors (Lipinski definition) is 3. The summed E-state index contributed by atoms with van der Waals surface area (Å²) in [7, 11) is 0. The van der Waals surface area contributed by atoms with Gasteiger partial charge in [-0.15, -0.1) is 0 Å². The Balaban J connectivity index is 1.75. The predicted molar refractivity (Wildman–Crippen MR) is 129 cm³/mol. The molecule has 0 aliphatic heterocycles. The molecule has 0 spiro atoms. The topological polar surface area (TPSA) is 60.7 Å². The van der Waals surface area contributed by atoms with Crippen LogP contribution in [0.5, 0.6) is 0 Å². The van der Waals surface area contributed by atoms with Gasteiger partial charge in [0.25, 0.3) is 0 Å². The second-order valence-corrected chi connectivity index (χ2v) is 12.0. The second kappa shape index (κ2) is 9.53. The van der Waals surface area contributed by atoms with Crippen LogP contribution in [0, 0.1) is 29.1 Å². The van der Waals surface area contributed by atoms with Crippen molar-refractivity contribution in [2.75, 3.05) is 0 Å². The van der Waals surface area contributed by atoms with Crippen LogP contribution in [0.4, 0.5) is 0 Å². The highest BCUT2D eigenvalue weighted by Gasteiger charge is 2.51. The Hall–Kier alpha value is -0.900. The van der Waals surface area contributed by atoms with E-state index in [1.54, 1.807) is 5.57 Å². The van der Waals surface area contributed by atoms with Crippen LogP contribution in [0.1, 0.15) is 92.4 Å². The molecule has 7 atom stereocenters. The second-order valence-electron chi connectivity index (χ2n) is 12.0. The SMILES string of the molecule is C=C1/C(=C/C=C2\C[C@@H](C)C[C@]3(C)[C@@H]([C@H](C)CCCC(C)(C)O)CC[C@@H]23)C[C@@H](O)C[C@@H]1O. The molecule has 0 bridgehead atoms. The molecule has 3 N–H and O–H groups in total. The van der Waals surface area contributed by atoms with Crippen LogP contribution in [0.25, 0.3) is 0 Å². The quantitative estimate of drug-likeness (QED) is 0.488. The summed E-state index contributed by atoms with van der Waals surface area (Å²) in [5.41, 5.74) is 3.13. The van der Waals surface area contributed by atoms with Crippen molar-refractivity contribution in [3.05, 3.63) is 35.5 Å². The van der Waals surface area contributed by atoms with E-state index in [9.17, 15) is 15.3 Å². The first-order valence-corrected chi connectivity index (χ1v) is 12.6. The van der Waals surface area contributed by atoms with Crippen molar-refractivity contribution in [3.8, 4) is 0 Å². The number of hydrogen-bond acceptors (Lipinski definition) is 3. The molecule has 0 aromatic rings. The average Bonchev–Trinajstić information content (AvgIpc) is 2.98. The van der Waals surface area contributed by atoms with Crippen LogP contribution in [-0.2, 0) is 0 Å². The molecule has 31 heavy (non-hydrogen) atoms. The van der Waals surface area contributed by atoms with Gasteiger partial charge in [-0.25, -0.2) is 0 Å². The zero-order valence-electron chi connectivity index (χ0n) is 20.5. The summed E-state index contributed by atoms with van der Waals surface area (Å²) in [5.74, 6) is 2.74. The van der Waals surface area contributed by atoms with E-state index in [0.29, 0.717) is 36.0 Å². The first kappa shape index (κ1) is 24.7. The molecule has 3 nitrogen and oxygen atoms in total. The Morgan fingerprint density at radius 1 is 1.19 bits per heavy atom. The zero-order chi connectivity index (χ0) is 23.0. The summed E-state index contributed by atoms with van der Waals surface area (Å²) in [5, 5.41) is 30.3. The minimum absolute atomic E-state index is 0.346. The Morgan fingerprint density at radius 2 is 1.90 bits per heavy atom. The van der Waals surface area contributed by atoms with Crippen molar-refractivity contribution in [1.29, 1.82) is 0 Å². The van der Waals surface area contributed by atoms with Crippen molar-refractivity contribution in [2.45, 2.75) is 110 Å². The van der Waals surface area contributed by atoms with Crippen LogP contribution in [0.2, 0.25) is 0 Å². The third-order valence-corrected chi connectivity index (χ3v) is 8.63. The van der Waals surface area contributed by atoms with E-state index in [2.05, 4.69) is 39.5 Å². The Morgan fingerprint density at radius 3 is 2.58 bits per heavy atom. The predicted octanol–water partition coefficient (Wildman–Crippen LogP) is 5.95. The molecule has 176 valence electrons. The highest BCUT2D eigenvalue weighted by molar-refractivity contribution is 5.38. The van der Waals surface area contributed by atoms with Crippen molar-refractivity contribution >= 4 is 0 Å². The van der Waals surface area contributed by atoms with E-state index in [0.717, 1.165) is 36.3 Å². The maximum atomic E-state index is 10.2. The van der Waals surface area contributed by atoms with Gasteiger partial charge in [-0.2, -0.15) is 0 Å². The summed E-state index contributed by atoms with van der Waals surface area (Å²) in [6.45, 7) is 15.3. The molecule has 0 amide bonds. The van der Waals surface area contributed by atoms with Gasteiger partial charge in [0.2, 0.25) is 0 Å². The van der Waals surface area contributed by atoms with Crippen LogP contribution in [0.3, 0.4) is 0 Å². The fourth-order valence-corrected chi connectivity index (χ4v) is 7.18. The lowest BCUT2D eigenvalue weighted by molar-refractivity contribution is 0.0541. The molecule has 3 aliphatic carbocycles. The lowest BCUT2D eigenvalue weighted by Gasteiger charge is -2.47. The normalized spacial score (nSPS) is 40.4. The van der Waals surface area contributed by atoms with Crippen molar-refractivity contribution in [1.82, 2.24) is 0 Å². The molecule has 3 heteroatoms. The molecular weight excluding hydrogens is 384 g/mol. The van der Waals surface area contributed by atoms with E-state index in [4.69, 9.17) is 0 Å². The summed E-state index contributed by atoms with van der Waals surface area (Å²) >= 11 is 0. The number of rotatable bonds is 6. The van der Waals surface area contributed by atoms with Gasteiger partial charge in [-0.05, 0) is 92.6 Å². The fourth-order valence-electron chi connectivity index (χ4n) is 7.18. The molecule has 3 fully saturated rings. The van der Waals surface area contributed by atoms with Crippen LogP contribution >= 0.6 is 0 Å².